The summed E-state index contributed by atoms with van der Waals surface area (Å²) in [5.74, 6) is 0.911. The Hall–Kier alpha value is -1.71. The summed E-state index contributed by atoms with van der Waals surface area (Å²) in [6, 6.07) is 5.16. The highest BCUT2D eigenvalue weighted by Gasteiger charge is 2.11. The Balaban J connectivity index is 2.41. The molecule has 0 saturated heterocycles. The fourth-order valence-electron chi connectivity index (χ4n) is 2.38. The van der Waals surface area contributed by atoms with Gasteiger partial charge < -0.3 is 14.2 Å². The largest absolute Gasteiger partial charge is 0.490 e. The highest BCUT2D eigenvalue weighted by atomic mass is 16.5. The third kappa shape index (κ3) is 7.40. The van der Waals surface area contributed by atoms with E-state index in [0.29, 0.717) is 30.3 Å². The van der Waals surface area contributed by atoms with Gasteiger partial charge in [-0.05, 0) is 31.5 Å². The van der Waals surface area contributed by atoms with E-state index in [-0.39, 0.29) is 5.97 Å². The number of esters is 1. The fraction of sp³-hybridized carbons (Fsp3) is 0.632. The molecule has 0 amide bonds. The lowest BCUT2D eigenvalue weighted by Gasteiger charge is -2.13. The maximum absolute atomic E-state index is 11.6. The number of rotatable bonds is 12. The van der Waals surface area contributed by atoms with Crippen molar-refractivity contribution in [2.75, 3.05) is 20.3 Å². The molecular formula is C19H30O4. The average Bonchev–Trinajstić information content (AvgIpc) is 2.57. The summed E-state index contributed by atoms with van der Waals surface area (Å²) in [7, 11) is 1.37. The number of benzene rings is 1. The summed E-state index contributed by atoms with van der Waals surface area (Å²) in [6.07, 6.45) is 8.76. The van der Waals surface area contributed by atoms with Gasteiger partial charge in [0.25, 0.3) is 0 Å². The highest BCUT2D eigenvalue weighted by Crippen LogP contribution is 2.29. The summed E-state index contributed by atoms with van der Waals surface area (Å²) in [5.41, 5.74) is 0.472. The Bertz CT molecular complexity index is 457. The number of methoxy groups -OCH3 is 1. The van der Waals surface area contributed by atoms with Crippen molar-refractivity contribution in [3.63, 3.8) is 0 Å². The van der Waals surface area contributed by atoms with E-state index in [2.05, 4.69) is 6.92 Å². The summed E-state index contributed by atoms with van der Waals surface area (Å²) in [6.45, 7) is 5.34. The van der Waals surface area contributed by atoms with Crippen molar-refractivity contribution in [2.45, 2.75) is 58.8 Å². The molecule has 0 aliphatic heterocycles. The van der Waals surface area contributed by atoms with Crippen molar-refractivity contribution in [1.82, 2.24) is 0 Å². The van der Waals surface area contributed by atoms with Crippen molar-refractivity contribution in [2.24, 2.45) is 0 Å². The van der Waals surface area contributed by atoms with Crippen LogP contribution in [0.3, 0.4) is 0 Å². The molecule has 1 rings (SSSR count). The average molecular weight is 322 g/mol. The molecule has 4 nitrogen and oxygen atoms in total. The van der Waals surface area contributed by atoms with E-state index in [9.17, 15) is 4.79 Å². The molecule has 1 aromatic carbocycles. The van der Waals surface area contributed by atoms with Crippen LogP contribution in [0.2, 0.25) is 0 Å². The third-order valence-corrected chi connectivity index (χ3v) is 3.67. The van der Waals surface area contributed by atoms with Crippen LogP contribution >= 0.6 is 0 Å². The van der Waals surface area contributed by atoms with Crippen molar-refractivity contribution >= 4 is 5.97 Å². The second-order valence-corrected chi connectivity index (χ2v) is 5.56. The van der Waals surface area contributed by atoms with E-state index < -0.39 is 0 Å². The SMILES string of the molecule is CCCCCCCCCOc1ccc(C(=O)OC)cc1OCC. The minimum atomic E-state index is -0.371. The minimum absolute atomic E-state index is 0.371. The van der Waals surface area contributed by atoms with E-state index >= 15 is 0 Å². The van der Waals surface area contributed by atoms with Crippen LogP contribution in [0.25, 0.3) is 0 Å². The molecule has 0 aromatic heterocycles. The molecule has 0 atom stereocenters. The van der Waals surface area contributed by atoms with E-state index in [0.717, 1.165) is 6.42 Å². The Morgan fingerprint density at radius 1 is 0.913 bits per heavy atom. The second-order valence-electron chi connectivity index (χ2n) is 5.56. The topological polar surface area (TPSA) is 44.8 Å². The second kappa shape index (κ2) is 11.8. The normalized spacial score (nSPS) is 10.4. The summed E-state index contributed by atoms with van der Waals surface area (Å²) < 4.78 is 16.1. The van der Waals surface area contributed by atoms with Gasteiger partial charge in [-0.15, -0.1) is 0 Å². The number of carbonyl (C=O) groups excluding carboxylic acids is 1. The smallest absolute Gasteiger partial charge is 0.337 e. The third-order valence-electron chi connectivity index (χ3n) is 3.67. The zero-order valence-electron chi connectivity index (χ0n) is 14.7. The lowest BCUT2D eigenvalue weighted by molar-refractivity contribution is 0.0600. The fourth-order valence-corrected chi connectivity index (χ4v) is 2.38. The number of hydrogen-bond donors (Lipinski definition) is 0. The zero-order valence-corrected chi connectivity index (χ0v) is 14.7. The number of ether oxygens (including phenoxy) is 3. The molecule has 4 heteroatoms. The monoisotopic (exact) mass is 322 g/mol. The predicted molar refractivity (Wildman–Crippen MR) is 92.4 cm³/mol. The number of carbonyl (C=O) groups is 1. The number of unbranched alkanes of at least 4 members (excludes halogenated alkanes) is 6. The standard InChI is InChI=1S/C19H30O4/c1-4-6-7-8-9-10-11-14-23-17-13-12-16(19(20)21-3)15-18(17)22-5-2/h12-13,15H,4-11,14H2,1-3H3. The van der Waals surface area contributed by atoms with Crippen molar-refractivity contribution < 1.29 is 19.0 Å². The van der Waals surface area contributed by atoms with Crippen LogP contribution in [0.4, 0.5) is 0 Å². The van der Waals surface area contributed by atoms with Crippen molar-refractivity contribution in [3.8, 4) is 11.5 Å². The maximum atomic E-state index is 11.6. The molecule has 130 valence electrons. The lowest BCUT2D eigenvalue weighted by atomic mass is 10.1. The van der Waals surface area contributed by atoms with Gasteiger partial charge in [0.1, 0.15) is 0 Å². The van der Waals surface area contributed by atoms with Gasteiger partial charge in [-0.1, -0.05) is 45.4 Å². The van der Waals surface area contributed by atoms with Crippen LogP contribution in [0.15, 0.2) is 18.2 Å². The first-order chi connectivity index (χ1) is 11.2. The van der Waals surface area contributed by atoms with E-state index in [1.54, 1.807) is 18.2 Å². The van der Waals surface area contributed by atoms with Crippen LogP contribution in [0, 0.1) is 0 Å². The molecule has 0 N–H and O–H groups in total. The number of hydrogen-bond acceptors (Lipinski definition) is 4. The van der Waals surface area contributed by atoms with E-state index in [4.69, 9.17) is 14.2 Å². The van der Waals surface area contributed by atoms with Gasteiger partial charge in [-0.2, -0.15) is 0 Å². The Morgan fingerprint density at radius 3 is 2.26 bits per heavy atom. The van der Waals surface area contributed by atoms with Crippen molar-refractivity contribution in [1.29, 1.82) is 0 Å². The Labute approximate surface area is 140 Å². The van der Waals surface area contributed by atoms with Gasteiger partial charge in [0, 0.05) is 0 Å². The van der Waals surface area contributed by atoms with E-state index in [1.165, 1.54) is 45.6 Å². The van der Waals surface area contributed by atoms with Crippen LogP contribution in [-0.2, 0) is 4.74 Å². The van der Waals surface area contributed by atoms with Crippen LogP contribution in [0.1, 0.15) is 69.2 Å². The van der Waals surface area contributed by atoms with Gasteiger partial charge in [-0.3, -0.25) is 0 Å². The quantitative estimate of drug-likeness (QED) is 0.401. The van der Waals surface area contributed by atoms with Gasteiger partial charge in [0.05, 0.1) is 25.9 Å². The first-order valence-electron chi connectivity index (χ1n) is 8.70. The summed E-state index contributed by atoms with van der Waals surface area (Å²) in [5, 5.41) is 0. The molecule has 0 aliphatic carbocycles. The van der Waals surface area contributed by atoms with E-state index in [1.807, 2.05) is 6.92 Å². The van der Waals surface area contributed by atoms with Gasteiger partial charge in [0.15, 0.2) is 11.5 Å². The molecule has 0 heterocycles. The van der Waals surface area contributed by atoms with Crippen molar-refractivity contribution in [3.05, 3.63) is 23.8 Å². The molecule has 0 saturated carbocycles. The zero-order chi connectivity index (χ0) is 16.9. The maximum Gasteiger partial charge on any atom is 0.337 e. The summed E-state index contributed by atoms with van der Waals surface area (Å²) in [4.78, 5) is 11.6. The molecule has 23 heavy (non-hydrogen) atoms. The molecule has 0 fully saturated rings. The Kier molecular flexibility index (Phi) is 9.92. The molecule has 1 aromatic rings. The summed E-state index contributed by atoms with van der Waals surface area (Å²) >= 11 is 0. The highest BCUT2D eigenvalue weighted by molar-refractivity contribution is 5.90. The molecule has 0 bridgehead atoms. The van der Waals surface area contributed by atoms with Crippen LogP contribution in [0.5, 0.6) is 11.5 Å². The molecule has 0 radical (unpaired) electrons. The van der Waals surface area contributed by atoms with Gasteiger partial charge in [0.2, 0.25) is 0 Å². The Morgan fingerprint density at radius 2 is 1.61 bits per heavy atom. The predicted octanol–water partition coefficient (Wildman–Crippen LogP) is 5.00. The molecular weight excluding hydrogens is 292 g/mol. The molecule has 0 aliphatic rings. The lowest BCUT2D eigenvalue weighted by Crippen LogP contribution is -2.05. The van der Waals surface area contributed by atoms with Gasteiger partial charge in [-0.25, -0.2) is 4.79 Å². The van der Waals surface area contributed by atoms with Crippen LogP contribution < -0.4 is 9.47 Å². The molecule has 0 unspecified atom stereocenters. The first-order valence-corrected chi connectivity index (χ1v) is 8.70. The minimum Gasteiger partial charge on any atom is -0.490 e. The first kappa shape index (κ1) is 19.3. The van der Waals surface area contributed by atoms with Gasteiger partial charge >= 0.3 is 5.97 Å². The van der Waals surface area contributed by atoms with Crippen LogP contribution in [-0.4, -0.2) is 26.3 Å². The molecule has 0 spiro atoms.